The van der Waals surface area contributed by atoms with Crippen LogP contribution in [0, 0.1) is 0 Å². The molecule has 5 nitrogen and oxygen atoms in total. The second kappa shape index (κ2) is 7.98. The van der Waals surface area contributed by atoms with E-state index in [0.717, 1.165) is 11.1 Å². The number of benzene rings is 2. The van der Waals surface area contributed by atoms with Crippen molar-refractivity contribution in [1.29, 1.82) is 0 Å². The summed E-state index contributed by atoms with van der Waals surface area (Å²) >= 11 is 0. The van der Waals surface area contributed by atoms with E-state index in [0.29, 0.717) is 6.42 Å². The summed E-state index contributed by atoms with van der Waals surface area (Å²) in [4.78, 5) is 23.3. The van der Waals surface area contributed by atoms with Crippen molar-refractivity contribution >= 4 is 11.9 Å². The zero-order chi connectivity index (χ0) is 16.7. The number of aromatic hydroxyl groups is 1. The van der Waals surface area contributed by atoms with Crippen LogP contribution in [0.3, 0.4) is 0 Å². The topological polar surface area (TPSA) is 86.6 Å². The second-order valence-electron chi connectivity index (χ2n) is 5.31. The van der Waals surface area contributed by atoms with Gasteiger partial charge in [0, 0.05) is 12.8 Å². The average Bonchev–Trinajstić information content (AvgIpc) is 2.55. The van der Waals surface area contributed by atoms with Gasteiger partial charge in [-0.3, -0.25) is 4.79 Å². The Kier molecular flexibility index (Phi) is 5.74. The molecular weight excluding hydrogens is 294 g/mol. The van der Waals surface area contributed by atoms with Gasteiger partial charge in [0.2, 0.25) is 5.91 Å². The molecule has 0 aliphatic rings. The first kappa shape index (κ1) is 16.5. The quantitative estimate of drug-likeness (QED) is 0.731. The number of carbonyl (C=O) groups excluding carboxylic acids is 1. The first-order chi connectivity index (χ1) is 11.0. The van der Waals surface area contributed by atoms with Crippen LogP contribution in [0.1, 0.15) is 17.5 Å². The lowest BCUT2D eigenvalue weighted by molar-refractivity contribution is -0.141. The van der Waals surface area contributed by atoms with E-state index in [1.807, 2.05) is 30.3 Å². The average molecular weight is 313 g/mol. The van der Waals surface area contributed by atoms with Gasteiger partial charge in [-0.05, 0) is 29.7 Å². The third-order valence-corrected chi connectivity index (χ3v) is 3.49. The molecule has 0 unspecified atom stereocenters. The number of carboxylic acids is 1. The van der Waals surface area contributed by atoms with E-state index in [1.54, 1.807) is 12.1 Å². The van der Waals surface area contributed by atoms with Crippen LogP contribution in [0.15, 0.2) is 54.6 Å². The highest BCUT2D eigenvalue weighted by Crippen LogP contribution is 2.11. The Hall–Kier alpha value is -2.82. The van der Waals surface area contributed by atoms with Gasteiger partial charge in [-0.15, -0.1) is 0 Å². The van der Waals surface area contributed by atoms with Gasteiger partial charge in [0.25, 0.3) is 0 Å². The van der Waals surface area contributed by atoms with Gasteiger partial charge >= 0.3 is 5.97 Å². The van der Waals surface area contributed by atoms with Crippen LogP contribution in [-0.4, -0.2) is 28.1 Å². The molecule has 1 amide bonds. The van der Waals surface area contributed by atoms with Crippen molar-refractivity contribution in [3.8, 4) is 5.75 Å². The lowest BCUT2D eigenvalue weighted by Crippen LogP contribution is -2.42. The Bertz CT molecular complexity index is 652. The van der Waals surface area contributed by atoms with Crippen LogP contribution in [-0.2, 0) is 22.4 Å². The summed E-state index contributed by atoms with van der Waals surface area (Å²) in [5.41, 5.74) is 1.77. The van der Waals surface area contributed by atoms with E-state index >= 15 is 0 Å². The van der Waals surface area contributed by atoms with E-state index < -0.39 is 12.0 Å². The zero-order valence-corrected chi connectivity index (χ0v) is 12.6. The van der Waals surface area contributed by atoms with E-state index in [-0.39, 0.29) is 24.5 Å². The Morgan fingerprint density at radius 2 is 1.61 bits per heavy atom. The summed E-state index contributed by atoms with van der Waals surface area (Å²) in [6.07, 6.45) is 0.980. The van der Waals surface area contributed by atoms with Crippen LogP contribution in [0.5, 0.6) is 5.75 Å². The predicted molar refractivity (Wildman–Crippen MR) is 86.1 cm³/mol. The minimum Gasteiger partial charge on any atom is -0.508 e. The lowest BCUT2D eigenvalue weighted by atomic mass is 10.0. The third kappa shape index (κ3) is 5.47. The fourth-order valence-corrected chi connectivity index (χ4v) is 2.24. The standard InChI is InChI=1S/C18H19NO4/c20-15-9-6-14(7-10-15)12-16(18(22)23)19-17(21)11-8-13-4-2-1-3-5-13/h1-7,9-10,16,20H,8,11-12H2,(H,19,21)(H,22,23)/t16-/m0/s1. The van der Waals surface area contributed by atoms with Crippen molar-refractivity contribution in [3.63, 3.8) is 0 Å². The highest BCUT2D eigenvalue weighted by Gasteiger charge is 2.20. The Labute approximate surface area is 134 Å². The number of nitrogens with one attached hydrogen (secondary N) is 1. The van der Waals surface area contributed by atoms with Crippen molar-refractivity contribution in [2.24, 2.45) is 0 Å². The summed E-state index contributed by atoms with van der Waals surface area (Å²) in [6, 6.07) is 14.8. The molecule has 0 saturated carbocycles. The first-order valence-corrected chi connectivity index (χ1v) is 7.38. The molecule has 23 heavy (non-hydrogen) atoms. The maximum Gasteiger partial charge on any atom is 0.326 e. The minimum atomic E-state index is -1.08. The normalized spacial score (nSPS) is 11.7. The van der Waals surface area contributed by atoms with Gasteiger partial charge in [-0.25, -0.2) is 4.79 Å². The smallest absolute Gasteiger partial charge is 0.326 e. The number of amides is 1. The number of aliphatic carboxylic acids is 1. The van der Waals surface area contributed by atoms with Gasteiger partial charge in [-0.1, -0.05) is 42.5 Å². The molecule has 0 bridgehead atoms. The van der Waals surface area contributed by atoms with E-state index in [4.69, 9.17) is 0 Å². The number of aryl methyl sites for hydroxylation is 1. The number of hydrogen-bond acceptors (Lipinski definition) is 3. The molecule has 2 rings (SSSR count). The number of rotatable bonds is 7. The number of phenolic OH excluding ortho intramolecular Hbond substituents is 1. The monoisotopic (exact) mass is 313 g/mol. The molecule has 0 aliphatic heterocycles. The van der Waals surface area contributed by atoms with E-state index in [9.17, 15) is 19.8 Å². The van der Waals surface area contributed by atoms with Crippen molar-refractivity contribution in [1.82, 2.24) is 5.32 Å². The number of phenols is 1. The summed E-state index contributed by atoms with van der Waals surface area (Å²) in [5, 5.41) is 21.0. The number of carboxylic acid groups (broad SMARTS) is 1. The largest absolute Gasteiger partial charge is 0.508 e. The predicted octanol–water partition coefficient (Wildman–Crippen LogP) is 2.14. The molecule has 5 heteroatoms. The second-order valence-corrected chi connectivity index (χ2v) is 5.31. The van der Waals surface area contributed by atoms with Crippen molar-refractivity contribution < 1.29 is 19.8 Å². The van der Waals surface area contributed by atoms with Crippen LogP contribution >= 0.6 is 0 Å². The van der Waals surface area contributed by atoms with Crippen LogP contribution < -0.4 is 5.32 Å². The van der Waals surface area contributed by atoms with E-state index in [1.165, 1.54) is 12.1 Å². The molecule has 120 valence electrons. The SMILES string of the molecule is O=C(CCc1ccccc1)N[C@@H](Cc1ccc(O)cc1)C(=O)O. The Morgan fingerprint density at radius 1 is 0.957 bits per heavy atom. The highest BCUT2D eigenvalue weighted by molar-refractivity contribution is 5.83. The highest BCUT2D eigenvalue weighted by atomic mass is 16.4. The van der Waals surface area contributed by atoms with Gasteiger partial charge in [0.05, 0.1) is 0 Å². The van der Waals surface area contributed by atoms with Crippen molar-refractivity contribution in [2.75, 3.05) is 0 Å². The van der Waals surface area contributed by atoms with Gasteiger partial charge in [-0.2, -0.15) is 0 Å². The van der Waals surface area contributed by atoms with Gasteiger partial charge in [0.15, 0.2) is 0 Å². The molecule has 1 atom stereocenters. The summed E-state index contributed by atoms with van der Waals surface area (Å²) < 4.78 is 0. The van der Waals surface area contributed by atoms with Crippen LogP contribution in [0.4, 0.5) is 0 Å². The summed E-state index contributed by atoms with van der Waals surface area (Å²) in [6.45, 7) is 0. The first-order valence-electron chi connectivity index (χ1n) is 7.38. The van der Waals surface area contributed by atoms with Crippen molar-refractivity contribution in [3.05, 3.63) is 65.7 Å². The van der Waals surface area contributed by atoms with Crippen LogP contribution in [0.2, 0.25) is 0 Å². The maximum atomic E-state index is 12.0. The number of carbonyl (C=O) groups is 2. The molecular formula is C18H19NO4. The molecule has 0 spiro atoms. The summed E-state index contributed by atoms with van der Waals surface area (Å²) in [7, 11) is 0. The third-order valence-electron chi connectivity index (χ3n) is 3.49. The molecule has 0 aliphatic carbocycles. The molecule has 3 N–H and O–H groups in total. The zero-order valence-electron chi connectivity index (χ0n) is 12.6. The van der Waals surface area contributed by atoms with Crippen molar-refractivity contribution in [2.45, 2.75) is 25.3 Å². The number of hydrogen-bond donors (Lipinski definition) is 3. The van der Waals surface area contributed by atoms with E-state index in [2.05, 4.69) is 5.32 Å². The summed E-state index contributed by atoms with van der Waals surface area (Å²) in [5.74, 6) is -1.25. The maximum absolute atomic E-state index is 12.0. The fraction of sp³-hybridized carbons (Fsp3) is 0.222. The molecule has 0 aromatic heterocycles. The minimum absolute atomic E-state index is 0.118. The Balaban J connectivity index is 1.89. The molecule has 0 heterocycles. The molecule has 0 radical (unpaired) electrons. The molecule has 0 fully saturated rings. The Morgan fingerprint density at radius 3 is 2.22 bits per heavy atom. The van der Waals surface area contributed by atoms with Gasteiger partial charge < -0.3 is 15.5 Å². The van der Waals surface area contributed by atoms with Gasteiger partial charge in [0.1, 0.15) is 11.8 Å². The van der Waals surface area contributed by atoms with Crippen LogP contribution in [0.25, 0.3) is 0 Å². The fourth-order valence-electron chi connectivity index (χ4n) is 2.24. The molecule has 2 aromatic rings. The molecule has 2 aromatic carbocycles. The lowest BCUT2D eigenvalue weighted by Gasteiger charge is -2.14. The molecule has 0 saturated heterocycles.